The Bertz CT molecular complexity index is 684. The number of hydrogen-bond donors (Lipinski definition) is 4. The molecule has 0 radical (unpaired) electrons. The Morgan fingerprint density at radius 2 is 2.08 bits per heavy atom. The fraction of sp³-hybridized carbons (Fsp3) is 0.250. The highest BCUT2D eigenvalue weighted by atomic mass is 16.6. The molecule has 1 aliphatic heterocycles. The second-order valence-electron chi connectivity index (χ2n) is 5.18. The van der Waals surface area contributed by atoms with Crippen LogP contribution in [0.3, 0.4) is 0 Å². The molecule has 1 aliphatic rings. The van der Waals surface area contributed by atoms with Gasteiger partial charge in [-0.05, 0) is 24.1 Å². The van der Waals surface area contributed by atoms with Gasteiger partial charge in [0.1, 0.15) is 0 Å². The number of ether oxygens (including phenoxy) is 1. The van der Waals surface area contributed by atoms with Gasteiger partial charge in [-0.3, -0.25) is 4.79 Å². The van der Waals surface area contributed by atoms with E-state index in [9.17, 15) is 19.8 Å². The number of carbonyl (C=O) groups is 2. The van der Waals surface area contributed by atoms with E-state index in [2.05, 4.69) is 5.32 Å². The third kappa shape index (κ3) is 4.94. The number of phenolic OH excluding ortho intramolecular Hbond substituents is 2. The van der Waals surface area contributed by atoms with Crippen LogP contribution < -0.4 is 11.1 Å². The van der Waals surface area contributed by atoms with Gasteiger partial charge in [0.15, 0.2) is 18.2 Å². The first-order valence-corrected chi connectivity index (χ1v) is 7.29. The van der Waals surface area contributed by atoms with Crippen LogP contribution in [0.25, 0.3) is 0 Å². The molecular formula is C16H19N3O5. The van der Waals surface area contributed by atoms with Crippen molar-refractivity contribution < 1.29 is 24.5 Å². The van der Waals surface area contributed by atoms with Gasteiger partial charge in [-0.25, -0.2) is 4.79 Å². The number of carbonyl (C=O) groups excluding carboxylic acids is 2. The van der Waals surface area contributed by atoms with E-state index in [0.717, 1.165) is 5.56 Å². The molecule has 1 heterocycles. The quantitative estimate of drug-likeness (QED) is 0.564. The fourth-order valence-electron chi connectivity index (χ4n) is 2.07. The fourth-order valence-corrected chi connectivity index (χ4v) is 2.07. The first kappa shape index (κ1) is 17.2. The minimum absolute atomic E-state index is 0.00699. The number of nitrogens with one attached hydrogen (secondary N) is 1. The van der Waals surface area contributed by atoms with Crippen LogP contribution in [0, 0.1) is 0 Å². The number of nitrogens with zero attached hydrogens (tertiary/aromatic N) is 1. The highest BCUT2D eigenvalue weighted by molar-refractivity contribution is 5.94. The summed E-state index contributed by atoms with van der Waals surface area (Å²) in [7, 11) is 0. The van der Waals surface area contributed by atoms with Crippen molar-refractivity contribution in [1.29, 1.82) is 0 Å². The van der Waals surface area contributed by atoms with Gasteiger partial charge < -0.3 is 30.9 Å². The average Bonchev–Trinajstić information content (AvgIpc) is 2.56. The molecule has 0 unspecified atom stereocenters. The molecule has 2 amide bonds. The van der Waals surface area contributed by atoms with Gasteiger partial charge in [-0.15, -0.1) is 0 Å². The zero-order valence-corrected chi connectivity index (χ0v) is 12.9. The molecule has 0 aliphatic carbocycles. The summed E-state index contributed by atoms with van der Waals surface area (Å²) in [4.78, 5) is 24.4. The molecule has 5 N–H and O–H groups in total. The maximum Gasteiger partial charge on any atom is 0.408 e. The van der Waals surface area contributed by atoms with Gasteiger partial charge in [0, 0.05) is 19.3 Å². The van der Waals surface area contributed by atoms with E-state index < -0.39 is 12.0 Å². The Hall–Kier alpha value is -3.16. The Labute approximate surface area is 138 Å². The number of amides is 2. The van der Waals surface area contributed by atoms with Crippen molar-refractivity contribution in [3.8, 4) is 11.5 Å². The van der Waals surface area contributed by atoms with E-state index in [1.807, 2.05) is 0 Å². The molecular weight excluding hydrogens is 314 g/mol. The van der Waals surface area contributed by atoms with Crippen LogP contribution in [0.15, 0.2) is 42.1 Å². The minimum Gasteiger partial charge on any atom is -0.504 e. The molecule has 0 spiro atoms. The normalized spacial score (nSPS) is 13.3. The maximum atomic E-state index is 11.6. The third-order valence-corrected chi connectivity index (χ3v) is 3.33. The lowest BCUT2D eigenvalue weighted by Gasteiger charge is -2.21. The number of primary amides is 1. The molecule has 1 aromatic carbocycles. The Morgan fingerprint density at radius 1 is 1.29 bits per heavy atom. The van der Waals surface area contributed by atoms with Crippen LogP contribution in [0.1, 0.15) is 5.56 Å². The number of alkyl carbamates (subject to hydrolysis) is 1. The minimum atomic E-state index is -0.596. The number of aromatic hydroxyl groups is 2. The second-order valence-corrected chi connectivity index (χ2v) is 5.18. The van der Waals surface area contributed by atoms with Crippen molar-refractivity contribution in [2.45, 2.75) is 6.42 Å². The van der Waals surface area contributed by atoms with Crippen molar-refractivity contribution in [1.82, 2.24) is 10.2 Å². The van der Waals surface area contributed by atoms with E-state index in [1.54, 1.807) is 23.1 Å². The zero-order chi connectivity index (χ0) is 17.5. The van der Waals surface area contributed by atoms with E-state index in [-0.39, 0.29) is 18.2 Å². The monoisotopic (exact) mass is 333 g/mol. The standard InChI is InChI=1S/C16H19N3O5/c17-15(22)12-2-1-7-19(9-12)10-24-16(23)18-6-5-11-3-4-13(20)14(21)8-11/h1-4,8-9,20-21H,5-7,10H2,(H2,17,22)(H,18,23). The molecule has 8 heteroatoms. The molecule has 0 saturated carbocycles. The van der Waals surface area contributed by atoms with Crippen LogP contribution in [-0.2, 0) is 16.0 Å². The lowest BCUT2D eigenvalue weighted by Crippen LogP contribution is -2.32. The smallest absolute Gasteiger partial charge is 0.408 e. The number of hydrogen-bond acceptors (Lipinski definition) is 6. The highest BCUT2D eigenvalue weighted by Crippen LogP contribution is 2.24. The van der Waals surface area contributed by atoms with E-state index in [1.165, 1.54) is 18.3 Å². The topological polar surface area (TPSA) is 125 Å². The van der Waals surface area contributed by atoms with E-state index >= 15 is 0 Å². The van der Waals surface area contributed by atoms with Crippen molar-refractivity contribution in [3.05, 3.63) is 47.7 Å². The molecule has 24 heavy (non-hydrogen) atoms. The van der Waals surface area contributed by atoms with Crippen molar-refractivity contribution in [2.24, 2.45) is 5.73 Å². The molecule has 1 aromatic rings. The molecule has 128 valence electrons. The van der Waals surface area contributed by atoms with Gasteiger partial charge in [0.25, 0.3) is 0 Å². The molecule has 0 bridgehead atoms. The summed E-state index contributed by atoms with van der Waals surface area (Å²) in [6, 6.07) is 4.46. The summed E-state index contributed by atoms with van der Waals surface area (Å²) in [6.07, 6.45) is 4.78. The molecule has 0 fully saturated rings. The molecule has 0 aromatic heterocycles. The van der Waals surface area contributed by atoms with Crippen molar-refractivity contribution >= 4 is 12.0 Å². The lowest BCUT2D eigenvalue weighted by molar-refractivity contribution is -0.114. The third-order valence-electron chi connectivity index (χ3n) is 3.33. The number of benzene rings is 1. The largest absolute Gasteiger partial charge is 0.504 e. The predicted octanol–water partition coefficient (Wildman–Crippen LogP) is 0.565. The number of phenols is 2. The summed E-state index contributed by atoms with van der Waals surface area (Å²) < 4.78 is 5.05. The number of nitrogens with two attached hydrogens (primary N) is 1. The SMILES string of the molecule is NC(=O)C1=CN(COC(=O)NCCc2ccc(O)c(O)c2)CC=C1. The van der Waals surface area contributed by atoms with Crippen LogP contribution in [-0.4, -0.2) is 46.9 Å². The Kier molecular flexibility index (Phi) is 5.67. The van der Waals surface area contributed by atoms with E-state index in [0.29, 0.717) is 25.1 Å². The summed E-state index contributed by atoms with van der Waals surface area (Å²) in [5.41, 5.74) is 6.30. The summed E-state index contributed by atoms with van der Waals surface area (Å²) >= 11 is 0. The highest BCUT2D eigenvalue weighted by Gasteiger charge is 2.11. The van der Waals surface area contributed by atoms with Crippen molar-refractivity contribution in [3.63, 3.8) is 0 Å². The van der Waals surface area contributed by atoms with Crippen LogP contribution in [0.2, 0.25) is 0 Å². The van der Waals surface area contributed by atoms with Gasteiger partial charge in [0.05, 0.1) is 5.57 Å². The van der Waals surface area contributed by atoms with Crippen LogP contribution in [0.4, 0.5) is 4.79 Å². The molecule has 8 nitrogen and oxygen atoms in total. The molecule has 0 atom stereocenters. The average molecular weight is 333 g/mol. The van der Waals surface area contributed by atoms with Gasteiger partial charge in [0.2, 0.25) is 5.91 Å². The zero-order valence-electron chi connectivity index (χ0n) is 12.9. The first-order chi connectivity index (χ1) is 11.5. The number of rotatable bonds is 6. The Balaban J connectivity index is 1.71. The van der Waals surface area contributed by atoms with Crippen LogP contribution in [0.5, 0.6) is 11.5 Å². The van der Waals surface area contributed by atoms with Crippen molar-refractivity contribution in [2.75, 3.05) is 19.8 Å². The summed E-state index contributed by atoms with van der Waals surface area (Å²) in [6.45, 7) is 0.815. The maximum absolute atomic E-state index is 11.6. The summed E-state index contributed by atoms with van der Waals surface area (Å²) in [5, 5.41) is 21.2. The van der Waals surface area contributed by atoms with Gasteiger partial charge >= 0.3 is 6.09 Å². The van der Waals surface area contributed by atoms with Crippen LogP contribution >= 0.6 is 0 Å². The van der Waals surface area contributed by atoms with E-state index in [4.69, 9.17) is 10.5 Å². The van der Waals surface area contributed by atoms with Gasteiger partial charge in [-0.1, -0.05) is 18.2 Å². The van der Waals surface area contributed by atoms with Gasteiger partial charge in [-0.2, -0.15) is 0 Å². The first-order valence-electron chi connectivity index (χ1n) is 7.29. The lowest BCUT2D eigenvalue weighted by atomic mass is 10.1. The predicted molar refractivity (Wildman–Crippen MR) is 85.9 cm³/mol. The molecule has 2 rings (SSSR count). The molecule has 0 saturated heterocycles. The summed E-state index contributed by atoms with van der Waals surface area (Å²) in [5.74, 6) is -0.937. The Morgan fingerprint density at radius 3 is 2.79 bits per heavy atom. The second kappa shape index (κ2) is 7.91.